The molecule has 2 rings (SSSR count). The maximum Gasteiger partial charge on any atom is 0.0940 e. The summed E-state index contributed by atoms with van der Waals surface area (Å²) in [6.07, 6.45) is 6.37. The molecule has 0 atom stereocenters. The SMILES string of the molecule is ClCCc1nc(C2CCCC2)cs1. The molecule has 1 saturated carbocycles. The van der Waals surface area contributed by atoms with Crippen molar-refractivity contribution in [2.24, 2.45) is 0 Å². The highest BCUT2D eigenvalue weighted by Crippen LogP contribution is 2.34. The molecule has 1 aliphatic carbocycles. The van der Waals surface area contributed by atoms with E-state index in [0.29, 0.717) is 5.88 Å². The Bertz CT molecular complexity index is 266. The zero-order chi connectivity index (χ0) is 9.10. The van der Waals surface area contributed by atoms with Gasteiger partial charge in [0.1, 0.15) is 0 Å². The lowest BCUT2D eigenvalue weighted by atomic mass is 10.1. The van der Waals surface area contributed by atoms with Gasteiger partial charge in [-0.3, -0.25) is 0 Å². The van der Waals surface area contributed by atoms with Gasteiger partial charge in [-0.2, -0.15) is 0 Å². The second-order valence-corrected chi connectivity index (χ2v) is 4.91. The fourth-order valence-electron chi connectivity index (χ4n) is 1.93. The second kappa shape index (κ2) is 4.43. The monoisotopic (exact) mass is 215 g/mol. The number of aromatic nitrogens is 1. The Labute approximate surface area is 88.1 Å². The van der Waals surface area contributed by atoms with E-state index in [1.54, 1.807) is 11.3 Å². The number of hydrogen-bond donors (Lipinski definition) is 0. The van der Waals surface area contributed by atoms with Crippen molar-refractivity contribution in [1.82, 2.24) is 4.98 Å². The van der Waals surface area contributed by atoms with Crippen LogP contribution in [0.4, 0.5) is 0 Å². The summed E-state index contributed by atoms with van der Waals surface area (Å²) in [5.41, 5.74) is 1.32. The highest BCUT2D eigenvalue weighted by Gasteiger charge is 2.19. The minimum atomic E-state index is 0.692. The van der Waals surface area contributed by atoms with Crippen LogP contribution in [0.25, 0.3) is 0 Å². The van der Waals surface area contributed by atoms with E-state index in [1.165, 1.54) is 36.4 Å². The van der Waals surface area contributed by atoms with Crippen molar-refractivity contribution in [2.45, 2.75) is 38.0 Å². The summed E-state index contributed by atoms with van der Waals surface area (Å²) >= 11 is 7.44. The van der Waals surface area contributed by atoms with Crippen LogP contribution in [0.1, 0.15) is 42.3 Å². The topological polar surface area (TPSA) is 12.9 Å². The van der Waals surface area contributed by atoms with Gasteiger partial charge < -0.3 is 0 Å². The molecule has 0 bridgehead atoms. The normalized spacial score (nSPS) is 18.2. The summed E-state index contributed by atoms with van der Waals surface area (Å²) in [6, 6.07) is 0. The molecule has 0 radical (unpaired) electrons. The van der Waals surface area contributed by atoms with Gasteiger partial charge in [0.2, 0.25) is 0 Å². The van der Waals surface area contributed by atoms with Gasteiger partial charge in [-0.25, -0.2) is 4.98 Å². The van der Waals surface area contributed by atoms with E-state index >= 15 is 0 Å². The summed E-state index contributed by atoms with van der Waals surface area (Å²) in [4.78, 5) is 4.62. The first-order valence-corrected chi connectivity index (χ1v) is 6.32. The van der Waals surface area contributed by atoms with Gasteiger partial charge in [0, 0.05) is 23.6 Å². The molecule has 3 heteroatoms. The van der Waals surface area contributed by atoms with Crippen LogP contribution < -0.4 is 0 Å². The standard InChI is InChI=1S/C10H14ClNS/c11-6-5-10-12-9(7-13-10)8-3-1-2-4-8/h7-8H,1-6H2. The third-order valence-electron chi connectivity index (χ3n) is 2.65. The molecule has 1 aromatic rings. The van der Waals surface area contributed by atoms with E-state index in [4.69, 9.17) is 11.6 Å². The molecule has 72 valence electrons. The molecule has 13 heavy (non-hydrogen) atoms. The van der Waals surface area contributed by atoms with E-state index in [-0.39, 0.29) is 0 Å². The van der Waals surface area contributed by atoms with Crippen LogP contribution in [0, 0.1) is 0 Å². The third kappa shape index (κ3) is 2.23. The lowest BCUT2D eigenvalue weighted by Gasteiger charge is -2.02. The molecule has 1 nitrogen and oxygen atoms in total. The first-order valence-electron chi connectivity index (χ1n) is 4.90. The van der Waals surface area contributed by atoms with Gasteiger partial charge in [-0.05, 0) is 12.8 Å². The number of halogens is 1. The van der Waals surface area contributed by atoms with Gasteiger partial charge >= 0.3 is 0 Å². The van der Waals surface area contributed by atoms with Crippen molar-refractivity contribution >= 4 is 22.9 Å². The van der Waals surface area contributed by atoms with Crippen LogP contribution in [0.15, 0.2) is 5.38 Å². The van der Waals surface area contributed by atoms with Crippen molar-refractivity contribution in [3.8, 4) is 0 Å². The second-order valence-electron chi connectivity index (χ2n) is 3.59. The molecule has 0 unspecified atom stereocenters. The minimum absolute atomic E-state index is 0.692. The lowest BCUT2D eigenvalue weighted by molar-refractivity contribution is 0.699. The van der Waals surface area contributed by atoms with E-state index in [0.717, 1.165) is 12.3 Å². The van der Waals surface area contributed by atoms with E-state index in [1.807, 2.05) is 0 Å². The highest BCUT2D eigenvalue weighted by atomic mass is 35.5. The lowest BCUT2D eigenvalue weighted by Crippen LogP contribution is -1.93. The summed E-state index contributed by atoms with van der Waals surface area (Å²) < 4.78 is 0. The predicted molar refractivity (Wildman–Crippen MR) is 57.7 cm³/mol. The molecule has 0 aliphatic heterocycles. The van der Waals surface area contributed by atoms with Crippen LogP contribution in [0.5, 0.6) is 0 Å². The predicted octanol–water partition coefficient (Wildman–Crippen LogP) is 3.58. The van der Waals surface area contributed by atoms with Crippen LogP contribution in [0.2, 0.25) is 0 Å². The van der Waals surface area contributed by atoms with Gasteiger partial charge in [0.15, 0.2) is 0 Å². The van der Waals surface area contributed by atoms with Gasteiger partial charge in [0.05, 0.1) is 10.7 Å². The molecule has 1 fully saturated rings. The average molecular weight is 216 g/mol. The molecule has 0 aromatic carbocycles. The van der Waals surface area contributed by atoms with Crippen molar-refractivity contribution in [3.05, 3.63) is 16.1 Å². The summed E-state index contributed by atoms with van der Waals surface area (Å²) in [6.45, 7) is 0. The van der Waals surface area contributed by atoms with Gasteiger partial charge in [-0.15, -0.1) is 22.9 Å². The third-order valence-corrected chi connectivity index (χ3v) is 3.77. The fraction of sp³-hybridized carbons (Fsp3) is 0.700. The zero-order valence-corrected chi connectivity index (χ0v) is 9.20. The highest BCUT2D eigenvalue weighted by molar-refractivity contribution is 7.09. The Kier molecular flexibility index (Phi) is 3.23. The minimum Gasteiger partial charge on any atom is -0.246 e. The van der Waals surface area contributed by atoms with Crippen LogP contribution in [0.3, 0.4) is 0 Å². The van der Waals surface area contributed by atoms with E-state index in [9.17, 15) is 0 Å². The molecule has 0 spiro atoms. The van der Waals surface area contributed by atoms with Gasteiger partial charge in [0.25, 0.3) is 0 Å². The average Bonchev–Trinajstić information content (AvgIpc) is 2.70. The molecular formula is C10H14ClNS. The van der Waals surface area contributed by atoms with E-state index < -0.39 is 0 Å². The van der Waals surface area contributed by atoms with Gasteiger partial charge in [-0.1, -0.05) is 12.8 Å². The number of aryl methyl sites for hydroxylation is 1. The maximum atomic E-state index is 5.67. The first-order chi connectivity index (χ1) is 6.40. The van der Waals surface area contributed by atoms with Crippen molar-refractivity contribution in [2.75, 3.05) is 5.88 Å². The molecule has 1 heterocycles. The summed E-state index contributed by atoms with van der Waals surface area (Å²) in [7, 11) is 0. The number of thiazole rings is 1. The number of alkyl halides is 1. The Morgan fingerprint density at radius 1 is 1.46 bits per heavy atom. The first kappa shape index (κ1) is 9.47. The largest absolute Gasteiger partial charge is 0.246 e. The Morgan fingerprint density at radius 2 is 2.23 bits per heavy atom. The number of nitrogens with zero attached hydrogens (tertiary/aromatic N) is 1. The smallest absolute Gasteiger partial charge is 0.0940 e. The Hall–Kier alpha value is -0.0800. The number of hydrogen-bond acceptors (Lipinski definition) is 2. The van der Waals surface area contributed by atoms with Crippen molar-refractivity contribution < 1.29 is 0 Å². The molecule has 0 amide bonds. The molecule has 1 aromatic heterocycles. The molecule has 0 N–H and O–H groups in total. The van der Waals surface area contributed by atoms with Crippen molar-refractivity contribution in [3.63, 3.8) is 0 Å². The zero-order valence-electron chi connectivity index (χ0n) is 7.63. The number of rotatable bonds is 3. The summed E-state index contributed by atoms with van der Waals surface area (Å²) in [5.74, 6) is 1.44. The van der Waals surface area contributed by atoms with Crippen LogP contribution in [-0.2, 0) is 6.42 Å². The van der Waals surface area contributed by atoms with Crippen molar-refractivity contribution in [1.29, 1.82) is 0 Å². The quantitative estimate of drug-likeness (QED) is 0.703. The Balaban J connectivity index is 2.03. The van der Waals surface area contributed by atoms with Crippen LogP contribution >= 0.6 is 22.9 Å². The maximum absolute atomic E-state index is 5.67. The van der Waals surface area contributed by atoms with Crippen LogP contribution in [-0.4, -0.2) is 10.9 Å². The fourth-order valence-corrected chi connectivity index (χ4v) is 3.10. The Morgan fingerprint density at radius 3 is 2.92 bits per heavy atom. The molecule has 1 aliphatic rings. The van der Waals surface area contributed by atoms with E-state index in [2.05, 4.69) is 10.4 Å². The molecule has 0 saturated heterocycles. The molecular weight excluding hydrogens is 202 g/mol. The summed E-state index contributed by atoms with van der Waals surface area (Å²) in [5, 5.41) is 3.43.